The van der Waals surface area contributed by atoms with Gasteiger partial charge in [0.25, 0.3) is 5.56 Å². The number of carbonyl (C=O) groups excluding carboxylic acids is 2. The Morgan fingerprint density at radius 3 is 2.70 bits per heavy atom. The predicted molar refractivity (Wildman–Crippen MR) is 95.8 cm³/mol. The number of piperidine rings is 1. The maximum absolute atomic E-state index is 13.5. The van der Waals surface area contributed by atoms with Gasteiger partial charge in [0.1, 0.15) is 5.82 Å². The first-order valence-electron chi connectivity index (χ1n) is 8.94. The van der Waals surface area contributed by atoms with Gasteiger partial charge in [-0.3, -0.25) is 14.4 Å². The molecule has 1 aromatic heterocycles. The first-order chi connectivity index (χ1) is 13.0. The Labute approximate surface area is 154 Å². The highest BCUT2D eigenvalue weighted by molar-refractivity contribution is 6.01. The van der Waals surface area contributed by atoms with Crippen LogP contribution >= 0.6 is 0 Å². The Morgan fingerprint density at radius 1 is 1.19 bits per heavy atom. The van der Waals surface area contributed by atoms with Crippen molar-refractivity contribution < 1.29 is 14.0 Å². The summed E-state index contributed by atoms with van der Waals surface area (Å²) in [6.07, 6.45) is 2.87. The third-order valence-electron chi connectivity index (χ3n) is 5.28. The topological polar surface area (TPSA) is 95.2 Å². The van der Waals surface area contributed by atoms with Gasteiger partial charge in [0.2, 0.25) is 11.8 Å². The zero-order chi connectivity index (χ0) is 19.0. The summed E-state index contributed by atoms with van der Waals surface area (Å²) in [6, 6.07) is 5.62. The molecule has 0 unspecified atom stereocenters. The number of rotatable bonds is 2. The molecule has 1 aromatic carbocycles. The van der Waals surface area contributed by atoms with E-state index in [0.717, 1.165) is 5.69 Å². The van der Waals surface area contributed by atoms with Crippen LogP contribution in [0, 0.1) is 5.82 Å². The Balaban J connectivity index is 1.48. The Hall–Kier alpha value is -3.03. The Kier molecular flexibility index (Phi) is 4.47. The number of anilines is 1. The molecule has 2 aliphatic heterocycles. The van der Waals surface area contributed by atoms with E-state index in [4.69, 9.17) is 0 Å². The van der Waals surface area contributed by atoms with Crippen LogP contribution in [0.25, 0.3) is 0 Å². The molecule has 1 atom stereocenters. The molecule has 0 aliphatic carbocycles. The molecule has 8 heteroatoms. The molecular weight excluding hydrogens is 351 g/mol. The van der Waals surface area contributed by atoms with Gasteiger partial charge >= 0.3 is 0 Å². The fourth-order valence-corrected chi connectivity index (χ4v) is 3.88. The minimum absolute atomic E-state index is 0.0625. The van der Waals surface area contributed by atoms with Crippen LogP contribution in [0.5, 0.6) is 0 Å². The van der Waals surface area contributed by atoms with E-state index < -0.39 is 11.7 Å². The Bertz CT molecular complexity index is 950. The van der Waals surface area contributed by atoms with E-state index in [-0.39, 0.29) is 29.7 Å². The number of fused-ring (bicyclic) bond motifs is 1. The number of likely N-dealkylation sites (tertiary alicyclic amines) is 1. The number of nitrogens with one attached hydrogen (secondary N) is 2. The lowest BCUT2D eigenvalue weighted by molar-refractivity contribution is -0.135. The highest BCUT2D eigenvalue weighted by Gasteiger charge is 2.35. The normalized spacial score (nSPS) is 20.1. The molecule has 3 heterocycles. The van der Waals surface area contributed by atoms with Gasteiger partial charge in [0, 0.05) is 37.2 Å². The number of carbonyl (C=O) groups is 2. The maximum Gasteiger partial charge on any atom is 0.250 e. The number of hydrogen-bond donors (Lipinski definition) is 2. The molecule has 2 N–H and O–H groups in total. The lowest BCUT2D eigenvalue weighted by Crippen LogP contribution is -2.42. The van der Waals surface area contributed by atoms with Crippen molar-refractivity contribution in [2.24, 2.45) is 0 Å². The molecule has 140 valence electrons. The second-order valence-electron chi connectivity index (χ2n) is 6.97. The summed E-state index contributed by atoms with van der Waals surface area (Å²) in [6.45, 7) is 1.07. The molecule has 0 bridgehead atoms. The quantitative estimate of drug-likeness (QED) is 0.842. The van der Waals surface area contributed by atoms with Crippen LogP contribution in [0.1, 0.15) is 42.4 Å². The summed E-state index contributed by atoms with van der Waals surface area (Å²) in [5.41, 5.74) is 1.57. The maximum atomic E-state index is 13.5. The molecular formula is C19H19FN4O3. The van der Waals surface area contributed by atoms with Gasteiger partial charge in [-0.2, -0.15) is 0 Å². The van der Waals surface area contributed by atoms with Gasteiger partial charge in [0.15, 0.2) is 0 Å². The van der Waals surface area contributed by atoms with Gasteiger partial charge in [-0.1, -0.05) is 6.07 Å². The third kappa shape index (κ3) is 3.47. The number of amides is 2. The van der Waals surface area contributed by atoms with E-state index in [2.05, 4.69) is 15.3 Å². The first kappa shape index (κ1) is 17.4. The van der Waals surface area contributed by atoms with Crippen molar-refractivity contribution in [2.75, 3.05) is 18.4 Å². The van der Waals surface area contributed by atoms with Gasteiger partial charge in [-0.25, -0.2) is 9.37 Å². The Morgan fingerprint density at radius 2 is 1.96 bits per heavy atom. The minimum Gasteiger partial charge on any atom is -0.342 e. The van der Waals surface area contributed by atoms with Gasteiger partial charge < -0.3 is 15.2 Å². The smallest absolute Gasteiger partial charge is 0.250 e. The van der Waals surface area contributed by atoms with Crippen molar-refractivity contribution in [1.82, 2.24) is 14.9 Å². The van der Waals surface area contributed by atoms with E-state index in [1.165, 1.54) is 24.5 Å². The SMILES string of the molecule is O=C1C[C@@H](C(=O)N2CCC(c3cc(=O)[nH]cn3)CC2)c2ccc(F)cc2N1. The van der Waals surface area contributed by atoms with E-state index >= 15 is 0 Å². The summed E-state index contributed by atoms with van der Waals surface area (Å²) >= 11 is 0. The monoisotopic (exact) mass is 370 g/mol. The largest absolute Gasteiger partial charge is 0.342 e. The summed E-state index contributed by atoms with van der Waals surface area (Å²) in [4.78, 5) is 44.9. The van der Waals surface area contributed by atoms with Crippen LogP contribution in [-0.4, -0.2) is 39.8 Å². The predicted octanol–water partition coefficient (Wildman–Crippen LogP) is 1.74. The minimum atomic E-state index is -0.594. The van der Waals surface area contributed by atoms with Gasteiger partial charge in [-0.05, 0) is 30.5 Å². The number of H-pyrrole nitrogens is 1. The summed E-state index contributed by atoms with van der Waals surface area (Å²) in [7, 11) is 0. The number of nitrogens with zero attached hydrogens (tertiary/aromatic N) is 2. The highest BCUT2D eigenvalue weighted by Crippen LogP contribution is 2.35. The molecule has 2 amide bonds. The highest BCUT2D eigenvalue weighted by atomic mass is 19.1. The van der Waals surface area contributed by atoms with Crippen LogP contribution in [0.4, 0.5) is 10.1 Å². The van der Waals surface area contributed by atoms with Crippen LogP contribution in [-0.2, 0) is 9.59 Å². The van der Waals surface area contributed by atoms with Crippen molar-refractivity contribution in [3.05, 3.63) is 58.0 Å². The number of aromatic amines is 1. The molecule has 1 saturated heterocycles. The molecule has 1 fully saturated rings. The molecule has 0 saturated carbocycles. The standard InChI is InChI=1S/C19H19FN4O3/c20-12-1-2-13-14(8-18(26)23-16(13)7-12)19(27)24-5-3-11(4-6-24)15-9-17(25)22-10-21-15/h1-2,7,9-11,14H,3-6,8H2,(H,23,26)(H,21,22,25)/t14-/m1/s1. The van der Waals surface area contributed by atoms with E-state index in [1.807, 2.05) is 0 Å². The second kappa shape index (κ2) is 6.94. The summed E-state index contributed by atoms with van der Waals surface area (Å²) in [5.74, 6) is -1.31. The molecule has 2 aromatic rings. The number of halogens is 1. The number of benzene rings is 1. The van der Waals surface area contributed by atoms with Crippen molar-refractivity contribution in [2.45, 2.75) is 31.1 Å². The van der Waals surface area contributed by atoms with Crippen LogP contribution < -0.4 is 10.9 Å². The van der Waals surface area contributed by atoms with Crippen molar-refractivity contribution in [3.63, 3.8) is 0 Å². The lowest BCUT2D eigenvalue weighted by Gasteiger charge is -2.35. The summed E-state index contributed by atoms with van der Waals surface area (Å²) < 4.78 is 13.5. The average molecular weight is 370 g/mol. The first-order valence-corrected chi connectivity index (χ1v) is 8.94. The van der Waals surface area contributed by atoms with Crippen molar-refractivity contribution >= 4 is 17.5 Å². The number of hydrogen-bond acceptors (Lipinski definition) is 4. The summed E-state index contributed by atoms with van der Waals surface area (Å²) in [5, 5.41) is 2.63. The molecule has 0 spiro atoms. The van der Waals surface area contributed by atoms with Crippen LogP contribution in [0.15, 0.2) is 35.4 Å². The fourth-order valence-electron chi connectivity index (χ4n) is 3.88. The van der Waals surface area contributed by atoms with E-state index in [0.29, 0.717) is 37.2 Å². The zero-order valence-electron chi connectivity index (χ0n) is 14.6. The van der Waals surface area contributed by atoms with Gasteiger partial charge in [-0.15, -0.1) is 0 Å². The lowest BCUT2D eigenvalue weighted by atomic mass is 9.87. The fraction of sp³-hybridized carbons (Fsp3) is 0.368. The van der Waals surface area contributed by atoms with Crippen LogP contribution in [0.2, 0.25) is 0 Å². The van der Waals surface area contributed by atoms with Crippen molar-refractivity contribution in [3.8, 4) is 0 Å². The number of aromatic nitrogens is 2. The molecule has 4 rings (SSSR count). The third-order valence-corrected chi connectivity index (χ3v) is 5.28. The average Bonchev–Trinajstić information content (AvgIpc) is 2.66. The van der Waals surface area contributed by atoms with Gasteiger partial charge in [0.05, 0.1) is 17.9 Å². The van der Waals surface area contributed by atoms with E-state index in [1.54, 1.807) is 11.0 Å². The second-order valence-corrected chi connectivity index (χ2v) is 6.97. The molecule has 2 aliphatic rings. The van der Waals surface area contributed by atoms with Crippen LogP contribution in [0.3, 0.4) is 0 Å². The molecule has 27 heavy (non-hydrogen) atoms. The zero-order valence-corrected chi connectivity index (χ0v) is 14.6. The van der Waals surface area contributed by atoms with Crippen molar-refractivity contribution in [1.29, 1.82) is 0 Å². The molecule has 7 nitrogen and oxygen atoms in total. The van der Waals surface area contributed by atoms with E-state index in [9.17, 15) is 18.8 Å². The molecule has 0 radical (unpaired) electrons.